The van der Waals surface area contributed by atoms with E-state index in [-0.39, 0.29) is 0 Å². The van der Waals surface area contributed by atoms with E-state index in [1.165, 1.54) is 18.5 Å². The van der Waals surface area contributed by atoms with Gasteiger partial charge in [0.05, 0.1) is 11.7 Å². The van der Waals surface area contributed by atoms with Crippen LogP contribution in [0, 0.1) is 13.8 Å². The van der Waals surface area contributed by atoms with Gasteiger partial charge in [0, 0.05) is 5.69 Å². The summed E-state index contributed by atoms with van der Waals surface area (Å²) in [5.74, 6) is 1.11. The van der Waals surface area contributed by atoms with E-state index in [4.69, 9.17) is 0 Å². The zero-order chi connectivity index (χ0) is 8.55. The number of aromatic nitrogens is 2. The highest BCUT2D eigenvalue weighted by Gasteiger charge is 2.19. The van der Waals surface area contributed by atoms with E-state index < -0.39 is 0 Å². The summed E-state index contributed by atoms with van der Waals surface area (Å²) >= 11 is 0. The first-order valence-electron chi connectivity index (χ1n) is 4.54. The number of nitrogens with one attached hydrogen (secondary N) is 2. The van der Waals surface area contributed by atoms with E-state index in [0.717, 1.165) is 18.1 Å². The van der Waals surface area contributed by atoms with Gasteiger partial charge in [-0.25, -0.2) is 4.98 Å². The Labute approximate surface area is 72.6 Å². The van der Waals surface area contributed by atoms with Crippen LogP contribution in [0.5, 0.6) is 0 Å². The Morgan fingerprint density at radius 3 is 2.75 bits per heavy atom. The average molecular weight is 165 g/mol. The summed E-state index contributed by atoms with van der Waals surface area (Å²) in [5, 5.41) is 3.42. The molecule has 0 spiro atoms. The quantitative estimate of drug-likeness (QED) is 0.661. The molecule has 0 amide bonds. The van der Waals surface area contributed by atoms with E-state index in [1.54, 1.807) is 0 Å². The SMILES string of the molecule is Cc1nc([C@@H]2CCCN2)[nH]c1C. The molecule has 1 aromatic rings. The maximum absolute atomic E-state index is 4.47. The third-order valence-corrected chi connectivity index (χ3v) is 2.54. The third-order valence-electron chi connectivity index (χ3n) is 2.54. The molecule has 66 valence electrons. The van der Waals surface area contributed by atoms with Gasteiger partial charge in [-0.15, -0.1) is 0 Å². The predicted octanol–water partition coefficient (Wildman–Crippen LogP) is 1.45. The standard InChI is InChI=1S/C9H15N3/c1-6-7(2)12-9(11-6)8-4-3-5-10-8/h8,10H,3-5H2,1-2H3,(H,11,12)/t8-/m0/s1. The summed E-state index contributed by atoms with van der Waals surface area (Å²) in [4.78, 5) is 7.79. The van der Waals surface area contributed by atoms with Crippen LogP contribution in [-0.2, 0) is 0 Å². The van der Waals surface area contributed by atoms with Crippen LogP contribution in [0.25, 0.3) is 0 Å². The average Bonchev–Trinajstić information content (AvgIpc) is 2.61. The second-order valence-corrected chi connectivity index (χ2v) is 3.48. The van der Waals surface area contributed by atoms with Crippen molar-refractivity contribution >= 4 is 0 Å². The van der Waals surface area contributed by atoms with Crippen LogP contribution >= 0.6 is 0 Å². The topological polar surface area (TPSA) is 40.7 Å². The Morgan fingerprint density at radius 2 is 2.25 bits per heavy atom. The number of imidazole rings is 1. The highest BCUT2D eigenvalue weighted by atomic mass is 15.0. The molecule has 2 heterocycles. The second kappa shape index (κ2) is 2.90. The molecular formula is C9H15N3. The van der Waals surface area contributed by atoms with Crippen molar-refractivity contribution in [3.63, 3.8) is 0 Å². The first-order valence-corrected chi connectivity index (χ1v) is 4.54. The number of aryl methyl sites for hydroxylation is 2. The summed E-state index contributed by atoms with van der Waals surface area (Å²) in [6.07, 6.45) is 2.48. The molecule has 0 aliphatic carbocycles. The molecule has 0 radical (unpaired) electrons. The molecule has 12 heavy (non-hydrogen) atoms. The summed E-state index contributed by atoms with van der Waals surface area (Å²) in [6, 6.07) is 0.470. The van der Waals surface area contributed by atoms with Crippen LogP contribution in [0.15, 0.2) is 0 Å². The molecule has 1 aromatic heterocycles. The summed E-state index contributed by atoms with van der Waals surface area (Å²) < 4.78 is 0. The molecule has 1 fully saturated rings. The first-order chi connectivity index (χ1) is 5.77. The smallest absolute Gasteiger partial charge is 0.123 e. The summed E-state index contributed by atoms with van der Waals surface area (Å²) in [5.41, 5.74) is 2.32. The Bertz CT molecular complexity index is 252. The molecule has 0 aromatic carbocycles. The largest absolute Gasteiger partial charge is 0.345 e. The second-order valence-electron chi connectivity index (χ2n) is 3.48. The third kappa shape index (κ3) is 1.25. The fourth-order valence-electron chi connectivity index (χ4n) is 1.66. The van der Waals surface area contributed by atoms with Crippen molar-refractivity contribution < 1.29 is 0 Å². The van der Waals surface area contributed by atoms with Crippen molar-refractivity contribution in [1.82, 2.24) is 15.3 Å². The minimum absolute atomic E-state index is 0.470. The zero-order valence-corrected chi connectivity index (χ0v) is 7.65. The van der Waals surface area contributed by atoms with Gasteiger partial charge in [-0.2, -0.15) is 0 Å². The van der Waals surface area contributed by atoms with Gasteiger partial charge in [0.25, 0.3) is 0 Å². The Morgan fingerprint density at radius 1 is 1.42 bits per heavy atom. The molecule has 1 aliphatic heterocycles. The van der Waals surface area contributed by atoms with Gasteiger partial charge in [-0.1, -0.05) is 0 Å². The van der Waals surface area contributed by atoms with Crippen molar-refractivity contribution in [3.05, 3.63) is 17.2 Å². The number of hydrogen-bond donors (Lipinski definition) is 2. The Kier molecular flexibility index (Phi) is 1.89. The van der Waals surface area contributed by atoms with Gasteiger partial charge in [0.2, 0.25) is 0 Å². The van der Waals surface area contributed by atoms with E-state index >= 15 is 0 Å². The van der Waals surface area contributed by atoms with Gasteiger partial charge in [0.1, 0.15) is 5.82 Å². The normalized spacial score (nSPS) is 23.3. The lowest BCUT2D eigenvalue weighted by Crippen LogP contribution is -2.14. The number of nitrogens with zero attached hydrogens (tertiary/aromatic N) is 1. The Hall–Kier alpha value is -0.830. The highest BCUT2D eigenvalue weighted by Crippen LogP contribution is 2.20. The molecule has 3 nitrogen and oxygen atoms in total. The number of hydrogen-bond acceptors (Lipinski definition) is 2. The maximum atomic E-state index is 4.47. The van der Waals surface area contributed by atoms with E-state index in [9.17, 15) is 0 Å². The lowest BCUT2D eigenvalue weighted by Gasteiger charge is -2.04. The van der Waals surface area contributed by atoms with Gasteiger partial charge in [-0.3, -0.25) is 0 Å². The fourth-order valence-corrected chi connectivity index (χ4v) is 1.66. The van der Waals surface area contributed by atoms with E-state index in [1.807, 2.05) is 6.92 Å². The zero-order valence-electron chi connectivity index (χ0n) is 7.65. The molecule has 1 aliphatic rings. The van der Waals surface area contributed by atoms with Crippen LogP contribution in [-0.4, -0.2) is 16.5 Å². The van der Waals surface area contributed by atoms with Crippen molar-refractivity contribution in [2.45, 2.75) is 32.7 Å². The van der Waals surface area contributed by atoms with Crippen molar-refractivity contribution in [1.29, 1.82) is 0 Å². The molecule has 1 atom stereocenters. The Balaban J connectivity index is 2.21. The van der Waals surface area contributed by atoms with Crippen molar-refractivity contribution in [2.24, 2.45) is 0 Å². The van der Waals surface area contributed by atoms with Crippen LogP contribution in [0.4, 0.5) is 0 Å². The van der Waals surface area contributed by atoms with E-state index in [0.29, 0.717) is 6.04 Å². The van der Waals surface area contributed by atoms with Crippen LogP contribution in [0.2, 0.25) is 0 Å². The summed E-state index contributed by atoms with van der Waals surface area (Å²) in [7, 11) is 0. The number of aromatic amines is 1. The maximum Gasteiger partial charge on any atom is 0.123 e. The minimum atomic E-state index is 0.470. The van der Waals surface area contributed by atoms with Crippen molar-refractivity contribution in [2.75, 3.05) is 6.54 Å². The van der Waals surface area contributed by atoms with Crippen LogP contribution in [0.3, 0.4) is 0 Å². The van der Waals surface area contributed by atoms with Gasteiger partial charge >= 0.3 is 0 Å². The first kappa shape index (κ1) is 7.80. The van der Waals surface area contributed by atoms with E-state index in [2.05, 4.69) is 22.2 Å². The summed E-state index contributed by atoms with van der Waals surface area (Å²) in [6.45, 7) is 5.24. The molecule has 2 N–H and O–H groups in total. The molecule has 3 heteroatoms. The van der Waals surface area contributed by atoms with Crippen molar-refractivity contribution in [3.8, 4) is 0 Å². The fraction of sp³-hybridized carbons (Fsp3) is 0.667. The molecular weight excluding hydrogens is 150 g/mol. The molecule has 0 unspecified atom stereocenters. The lowest BCUT2D eigenvalue weighted by atomic mass is 10.2. The molecule has 2 rings (SSSR count). The van der Waals surface area contributed by atoms with Gasteiger partial charge < -0.3 is 10.3 Å². The van der Waals surface area contributed by atoms with Crippen LogP contribution in [0.1, 0.15) is 36.1 Å². The van der Waals surface area contributed by atoms with Gasteiger partial charge in [0.15, 0.2) is 0 Å². The monoisotopic (exact) mass is 165 g/mol. The number of H-pyrrole nitrogens is 1. The van der Waals surface area contributed by atoms with Gasteiger partial charge in [-0.05, 0) is 33.2 Å². The lowest BCUT2D eigenvalue weighted by molar-refractivity contribution is 0.611. The van der Waals surface area contributed by atoms with Crippen LogP contribution < -0.4 is 5.32 Å². The minimum Gasteiger partial charge on any atom is -0.345 e. The highest BCUT2D eigenvalue weighted by molar-refractivity contribution is 5.13. The molecule has 0 bridgehead atoms. The number of rotatable bonds is 1. The molecule has 1 saturated heterocycles. The molecule has 0 saturated carbocycles. The predicted molar refractivity (Wildman–Crippen MR) is 48.0 cm³/mol.